The first-order valence-corrected chi connectivity index (χ1v) is 9.08. The van der Waals surface area contributed by atoms with E-state index in [1.54, 1.807) is 12.1 Å². The van der Waals surface area contributed by atoms with E-state index in [0.29, 0.717) is 18.8 Å². The summed E-state index contributed by atoms with van der Waals surface area (Å²) in [6.45, 7) is 6.17. The van der Waals surface area contributed by atoms with E-state index >= 15 is 0 Å². The van der Waals surface area contributed by atoms with Crippen LogP contribution in [-0.2, 0) is 4.74 Å². The van der Waals surface area contributed by atoms with Gasteiger partial charge in [0.05, 0.1) is 19.3 Å². The zero-order chi connectivity index (χ0) is 16.8. The Labute approximate surface area is 143 Å². The Morgan fingerprint density at radius 3 is 2.38 bits per heavy atom. The molecule has 0 aliphatic carbocycles. The van der Waals surface area contributed by atoms with Crippen molar-refractivity contribution in [3.63, 3.8) is 0 Å². The summed E-state index contributed by atoms with van der Waals surface area (Å²) in [4.78, 5) is 17.7. The van der Waals surface area contributed by atoms with Gasteiger partial charge in [-0.2, -0.15) is 0 Å². The number of hydrogen-bond donors (Lipinski definition) is 0. The molecule has 2 heterocycles. The highest BCUT2D eigenvalue weighted by molar-refractivity contribution is 6.00. The number of hydrogen-bond acceptors (Lipinski definition) is 4. The van der Waals surface area contributed by atoms with Gasteiger partial charge in [0.25, 0.3) is 0 Å². The topological polar surface area (TPSA) is 32.8 Å². The third-order valence-corrected chi connectivity index (χ3v) is 5.09. The first kappa shape index (κ1) is 17.5. The largest absolute Gasteiger partial charge is 0.379 e. The second-order valence-electron chi connectivity index (χ2n) is 6.73. The highest BCUT2D eigenvalue weighted by atomic mass is 19.1. The van der Waals surface area contributed by atoms with Crippen molar-refractivity contribution in [1.29, 1.82) is 0 Å². The number of nitrogens with zero attached hydrogens (tertiary/aromatic N) is 2. The quantitative estimate of drug-likeness (QED) is 0.749. The second-order valence-corrected chi connectivity index (χ2v) is 6.73. The molecule has 1 aromatic rings. The van der Waals surface area contributed by atoms with Gasteiger partial charge in [-0.1, -0.05) is 6.42 Å². The number of Topliss-reactive ketones (excluding diaryl/α,β-unsaturated/α-hetero) is 1. The van der Waals surface area contributed by atoms with Crippen LogP contribution in [0.15, 0.2) is 24.3 Å². The summed E-state index contributed by atoms with van der Waals surface area (Å²) in [6, 6.07) is 5.81. The van der Waals surface area contributed by atoms with Gasteiger partial charge in [0, 0.05) is 25.2 Å². The Morgan fingerprint density at radius 2 is 1.71 bits per heavy atom. The number of piperidine rings is 1. The molecule has 2 saturated heterocycles. The van der Waals surface area contributed by atoms with Crippen LogP contribution in [0, 0.1) is 5.82 Å². The minimum absolute atomic E-state index is 0.105. The summed E-state index contributed by atoms with van der Waals surface area (Å²) in [7, 11) is 0. The maximum Gasteiger partial charge on any atom is 0.179 e. The number of rotatable bonds is 6. The van der Waals surface area contributed by atoms with Crippen molar-refractivity contribution in [3.8, 4) is 0 Å². The Hall–Kier alpha value is -1.30. The van der Waals surface area contributed by atoms with Crippen molar-refractivity contribution in [2.75, 3.05) is 45.9 Å². The van der Waals surface area contributed by atoms with Crippen molar-refractivity contribution >= 4 is 5.78 Å². The molecule has 0 aromatic heterocycles. The van der Waals surface area contributed by atoms with Crippen LogP contribution < -0.4 is 0 Å². The summed E-state index contributed by atoms with van der Waals surface area (Å²) in [5.41, 5.74) is 0.603. The van der Waals surface area contributed by atoms with Gasteiger partial charge in [-0.05, 0) is 56.6 Å². The third kappa shape index (κ3) is 4.62. The van der Waals surface area contributed by atoms with Crippen molar-refractivity contribution < 1.29 is 13.9 Å². The maximum atomic E-state index is 13.2. The molecule has 24 heavy (non-hydrogen) atoms. The second kappa shape index (κ2) is 8.70. The Morgan fingerprint density at radius 1 is 1.04 bits per heavy atom. The Kier molecular flexibility index (Phi) is 6.35. The minimum Gasteiger partial charge on any atom is -0.379 e. The lowest BCUT2D eigenvalue weighted by atomic mass is 9.98. The predicted molar refractivity (Wildman–Crippen MR) is 91.8 cm³/mol. The number of benzene rings is 1. The smallest absolute Gasteiger partial charge is 0.179 e. The van der Waals surface area contributed by atoms with E-state index in [-0.39, 0.29) is 17.6 Å². The van der Waals surface area contributed by atoms with Gasteiger partial charge < -0.3 is 9.64 Å². The van der Waals surface area contributed by atoms with Crippen LogP contribution in [0.3, 0.4) is 0 Å². The third-order valence-electron chi connectivity index (χ3n) is 5.09. The van der Waals surface area contributed by atoms with Gasteiger partial charge in [0.2, 0.25) is 0 Å². The molecular formula is C19H27FN2O2. The molecule has 0 radical (unpaired) electrons. The molecule has 2 aliphatic rings. The fraction of sp³-hybridized carbons (Fsp3) is 0.632. The van der Waals surface area contributed by atoms with E-state index in [1.165, 1.54) is 31.4 Å². The summed E-state index contributed by atoms with van der Waals surface area (Å²) in [6.07, 6.45) is 4.66. The number of likely N-dealkylation sites (tertiary alicyclic amines) is 1. The summed E-state index contributed by atoms with van der Waals surface area (Å²) in [5.74, 6) is -0.198. The van der Waals surface area contributed by atoms with E-state index in [0.717, 1.165) is 39.1 Å². The van der Waals surface area contributed by atoms with Crippen molar-refractivity contribution in [1.82, 2.24) is 9.80 Å². The lowest BCUT2D eigenvalue weighted by Gasteiger charge is -2.35. The van der Waals surface area contributed by atoms with Gasteiger partial charge in [-0.3, -0.25) is 9.69 Å². The van der Waals surface area contributed by atoms with Crippen LogP contribution in [0.25, 0.3) is 0 Å². The van der Waals surface area contributed by atoms with Gasteiger partial charge in [0.1, 0.15) is 5.82 Å². The molecule has 0 amide bonds. The molecule has 1 atom stereocenters. The Balaban J connectivity index is 1.68. The molecule has 3 rings (SSSR count). The molecule has 2 fully saturated rings. The van der Waals surface area contributed by atoms with Crippen LogP contribution in [0.1, 0.15) is 36.0 Å². The van der Waals surface area contributed by atoms with Gasteiger partial charge in [-0.25, -0.2) is 4.39 Å². The number of carbonyl (C=O) groups is 1. The van der Waals surface area contributed by atoms with E-state index in [2.05, 4.69) is 9.80 Å². The molecule has 0 saturated carbocycles. The van der Waals surface area contributed by atoms with Crippen LogP contribution in [-0.4, -0.2) is 67.6 Å². The average Bonchev–Trinajstić information content (AvgIpc) is 2.64. The normalized spacial score (nSPS) is 21.5. The zero-order valence-electron chi connectivity index (χ0n) is 14.3. The molecule has 2 aliphatic heterocycles. The van der Waals surface area contributed by atoms with Crippen LogP contribution in [0.4, 0.5) is 4.39 Å². The molecular weight excluding hydrogens is 307 g/mol. The highest BCUT2D eigenvalue weighted by Crippen LogP contribution is 2.17. The van der Waals surface area contributed by atoms with E-state index < -0.39 is 0 Å². The molecule has 0 spiro atoms. The molecule has 0 bridgehead atoms. The Bertz CT molecular complexity index is 523. The minimum atomic E-state index is -0.303. The number of morpholine rings is 1. The van der Waals surface area contributed by atoms with E-state index in [4.69, 9.17) is 4.74 Å². The van der Waals surface area contributed by atoms with Crippen LogP contribution >= 0.6 is 0 Å². The molecule has 5 heteroatoms. The molecule has 0 N–H and O–H groups in total. The molecule has 1 aromatic carbocycles. The molecule has 132 valence electrons. The summed E-state index contributed by atoms with van der Waals surface area (Å²) < 4.78 is 18.6. The fourth-order valence-electron chi connectivity index (χ4n) is 3.66. The van der Waals surface area contributed by atoms with Crippen LogP contribution in [0.2, 0.25) is 0 Å². The number of ether oxygens (including phenoxy) is 1. The zero-order valence-corrected chi connectivity index (χ0v) is 14.3. The maximum absolute atomic E-state index is 13.2. The number of halogens is 1. The lowest BCUT2D eigenvalue weighted by molar-refractivity contribution is 0.0140. The van der Waals surface area contributed by atoms with Crippen molar-refractivity contribution in [3.05, 3.63) is 35.6 Å². The summed E-state index contributed by atoms with van der Waals surface area (Å²) >= 11 is 0. The van der Waals surface area contributed by atoms with Gasteiger partial charge >= 0.3 is 0 Å². The fourth-order valence-corrected chi connectivity index (χ4v) is 3.66. The van der Waals surface area contributed by atoms with Crippen molar-refractivity contribution in [2.24, 2.45) is 0 Å². The first-order valence-electron chi connectivity index (χ1n) is 9.08. The average molecular weight is 334 g/mol. The lowest BCUT2D eigenvalue weighted by Crippen LogP contribution is -2.49. The van der Waals surface area contributed by atoms with E-state index in [9.17, 15) is 9.18 Å². The van der Waals surface area contributed by atoms with Gasteiger partial charge in [0.15, 0.2) is 5.78 Å². The highest BCUT2D eigenvalue weighted by Gasteiger charge is 2.28. The number of carbonyl (C=O) groups excluding carboxylic acids is 1. The SMILES string of the molecule is O=C(c1ccc(F)cc1)C(CCN1CCCCC1)N1CCOCC1. The molecule has 4 nitrogen and oxygen atoms in total. The summed E-state index contributed by atoms with van der Waals surface area (Å²) in [5, 5.41) is 0. The monoisotopic (exact) mass is 334 g/mol. The first-order chi connectivity index (χ1) is 11.7. The van der Waals surface area contributed by atoms with Crippen LogP contribution in [0.5, 0.6) is 0 Å². The van der Waals surface area contributed by atoms with Crippen molar-refractivity contribution in [2.45, 2.75) is 31.7 Å². The van der Waals surface area contributed by atoms with E-state index in [1.807, 2.05) is 0 Å². The number of ketones is 1. The standard InChI is InChI=1S/C19H27FN2O2/c20-17-6-4-16(5-7-17)19(23)18(22-12-14-24-15-13-22)8-11-21-9-2-1-3-10-21/h4-7,18H,1-3,8-15H2. The molecule has 1 unspecified atom stereocenters. The predicted octanol–water partition coefficient (Wildman–Crippen LogP) is 2.59. The van der Waals surface area contributed by atoms with Gasteiger partial charge in [-0.15, -0.1) is 0 Å².